The maximum absolute atomic E-state index is 12.4. The van der Waals surface area contributed by atoms with Crippen LogP contribution < -0.4 is 0 Å². The van der Waals surface area contributed by atoms with Crippen LogP contribution >= 0.6 is 22.7 Å². The van der Waals surface area contributed by atoms with Crippen LogP contribution in [-0.2, 0) is 17.7 Å². The van der Waals surface area contributed by atoms with Crippen LogP contribution in [0.3, 0.4) is 0 Å². The highest BCUT2D eigenvalue weighted by Crippen LogP contribution is 2.37. The number of thiazole rings is 1. The standard InChI is InChI=1S/C22H24N2O2S2/c1-14-16(15-9-11-27-13-15)6-5-7-17(14)20-23-18-8-10-24(12-19(18)28-20)21(25)26-22(2,3)4/h5-7,9,11,13H,8,10,12H2,1-4H3. The molecule has 146 valence electrons. The second-order valence-electron chi connectivity index (χ2n) is 8.03. The van der Waals surface area contributed by atoms with Crippen molar-refractivity contribution in [2.24, 2.45) is 0 Å². The first-order valence-corrected chi connectivity index (χ1v) is 11.2. The van der Waals surface area contributed by atoms with Gasteiger partial charge in [-0.3, -0.25) is 0 Å². The fourth-order valence-electron chi connectivity index (χ4n) is 3.39. The molecule has 1 amide bonds. The Labute approximate surface area is 173 Å². The lowest BCUT2D eigenvalue weighted by atomic mass is 9.98. The van der Waals surface area contributed by atoms with Crippen LogP contribution in [0.2, 0.25) is 0 Å². The predicted molar refractivity (Wildman–Crippen MR) is 116 cm³/mol. The summed E-state index contributed by atoms with van der Waals surface area (Å²) in [5, 5.41) is 5.32. The van der Waals surface area contributed by atoms with E-state index in [0.717, 1.165) is 22.0 Å². The Morgan fingerprint density at radius 2 is 2.00 bits per heavy atom. The lowest BCUT2D eigenvalue weighted by molar-refractivity contribution is 0.0225. The van der Waals surface area contributed by atoms with E-state index in [9.17, 15) is 4.79 Å². The number of ether oxygens (including phenoxy) is 1. The van der Waals surface area contributed by atoms with Gasteiger partial charge in [0.25, 0.3) is 0 Å². The Morgan fingerprint density at radius 3 is 2.71 bits per heavy atom. The number of thiophene rings is 1. The zero-order chi connectivity index (χ0) is 19.9. The van der Waals surface area contributed by atoms with Gasteiger partial charge in [0, 0.05) is 23.4 Å². The number of carbonyl (C=O) groups excluding carboxylic acids is 1. The normalized spacial score (nSPS) is 14.1. The van der Waals surface area contributed by atoms with Crippen LogP contribution in [0.5, 0.6) is 0 Å². The van der Waals surface area contributed by atoms with Crippen molar-refractivity contribution < 1.29 is 9.53 Å². The summed E-state index contributed by atoms with van der Waals surface area (Å²) in [5.74, 6) is 0. The van der Waals surface area contributed by atoms with Gasteiger partial charge in [-0.15, -0.1) is 11.3 Å². The molecule has 0 unspecified atom stereocenters. The van der Waals surface area contributed by atoms with Crippen molar-refractivity contribution in [3.63, 3.8) is 0 Å². The zero-order valence-electron chi connectivity index (χ0n) is 16.6. The summed E-state index contributed by atoms with van der Waals surface area (Å²) in [7, 11) is 0. The summed E-state index contributed by atoms with van der Waals surface area (Å²) in [4.78, 5) is 20.3. The van der Waals surface area contributed by atoms with Crippen molar-refractivity contribution in [1.82, 2.24) is 9.88 Å². The summed E-state index contributed by atoms with van der Waals surface area (Å²) in [5.41, 5.74) is 5.56. The van der Waals surface area contributed by atoms with Gasteiger partial charge in [-0.25, -0.2) is 9.78 Å². The molecule has 0 aliphatic carbocycles. The Morgan fingerprint density at radius 1 is 1.21 bits per heavy atom. The van der Waals surface area contributed by atoms with Crippen molar-refractivity contribution in [3.05, 3.63) is 51.2 Å². The van der Waals surface area contributed by atoms with E-state index < -0.39 is 5.60 Å². The van der Waals surface area contributed by atoms with Gasteiger partial charge in [0.15, 0.2) is 0 Å². The fraction of sp³-hybridized carbons (Fsp3) is 0.364. The molecule has 0 saturated carbocycles. The minimum absolute atomic E-state index is 0.247. The molecule has 0 spiro atoms. The van der Waals surface area contributed by atoms with Crippen molar-refractivity contribution >= 4 is 28.8 Å². The second kappa shape index (κ2) is 7.33. The molecule has 0 atom stereocenters. The number of hydrogen-bond acceptors (Lipinski definition) is 5. The average Bonchev–Trinajstić information content (AvgIpc) is 3.29. The number of nitrogens with zero attached hydrogens (tertiary/aromatic N) is 2. The minimum atomic E-state index is -0.477. The molecule has 1 aliphatic heterocycles. The summed E-state index contributed by atoms with van der Waals surface area (Å²) < 4.78 is 5.53. The van der Waals surface area contributed by atoms with E-state index in [1.54, 1.807) is 27.6 Å². The fourth-order valence-corrected chi connectivity index (χ4v) is 5.25. The van der Waals surface area contributed by atoms with Gasteiger partial charge in [-0.2, -0.15) is 11.3 Å². The first-order valence-electron chi connectivity index (χ1n) is 9.41. The van der Waals surface area contributed by atoms with E-state index in [2.05, 4.69) is 41.9 Å². The van der Waals surface area contributed by atoms with Gasteiger partial charge < -0.3 is 9.64 Å². The molecular formula is C22H24N2O2S2. The largest absolute Gasteiger partial charge is 0.444 e. The van der Waals surface area contributed by atoms with Gasteiger partial charge in [-0.1, -0.05) is 18.2 Å². The number of carbonyl (C=O) groups is 1. The Bertz CT molecular complexity index is 1000. The van der Waals surface area contributed by atoms with Crippen LogP contribution in [0.4, 0.5) is 4.79 Å². The number of benzene rings is 1. The second-order valence-corrected chi connectivity index (χ2v) is 9.89. The molecule has 0 bridgehead atoms. The van der Waals surface area contributed by atoms with E-state index in [1.807, 2.05) is 20.8 Å². The highest BCUT2D eigenvalue weighted by Gasteiger charge is 2.28. The maximum Gasteiger partial charge on any atom is 0.410 e. The molecule has 0 radical (unpaired) electrons. The summed E-state index contributed by atoms with van der Waals surface area (Å²) in [6, 6.07) is 8.56. The SMILES string of the molecule is Cc1c(-c2ccsc2)cccc1-c1nc2c(s1)CN(C(=O)OC(C)(C)C)CC2. The number of rotatable bonds is 2. The molecule has 3 heterocycles. The third-order valence-corrected chi connectivity index (χ3v) is 6.58. The molecule has 4 nitrogen and oxygen atoms in total. The lowest BCUT2D eigenvalue weighted by Gasteiger charge is -2.29. The summed E-state index contributed by atoms with van der Waals surface area (Å²) in [6.45, 7) is 9.08. The smallest absolute Gasteiger partial charge is 0.410 e. The molecule has 28 heavy (non-hydrogen) atoms. The van der Waals surface area contributed by atoms with E-state index in [0.29, 0.717) is 13.1 Å². The Hall–Kier alpha value is -2.18. The van der Waals surface area contributed by atoms with E-state index in [-0.39, 0.29) is 6.09 Å². The van der Waals surface area contributed by atoms with Gasteiger partial charge in [0.1, 0.15) is 10.6 Å². The number of aromatic nitrogens is 1. The van der Waals surface area contributed by atoms with E-state index in [1.165, 1.54) is 22.3 Å². The predicted octanol–water partition coefficient (Wildman–Crippen LogP) is 6.14. The highest BCUT2D eigenvalue weighted by atomic mass is 32.1. The van der Waals surface area contributed by atoms with Crippen LogP contribution in [0.1, 0.15) is 36.9 Å². The van der Waals surface area contributed by atoms with Crippen LogP contribution in [0.15, 0.2) is 35.0 Å². The maximum atomic E-state index is 12.4. The Balaban J connectivity index is 1.61. The van der Waals surface area contributed by atoms with Crippen molar-refractivity contribution in [3.8, 4) is 21.7 Å². The molecule has 4 rings (SSSR count). The zero-order valence-corrected chi connectivity index (χ0v) is 18.2. The molecule has 3 aromatic rings. The van der Waals surface area contributed by atoms with Gasteiger partial charge in [0.2, 0.25) is 0 Å². The van der Waals surface area contributed by atoms with Crippen molar-refractivity contribution in [1.29, 1.82) is 0 Å². The van der Waals surface area contributed by atoms with E-state index >= 15 is 0 Å². The topological polar surface area (TPSA) is 42.4 Å². The number of amides is 1. The molecule has 2 aromatic heterocycles. The molecule has 1 aliphatic rings. The van der Waals surface area contributed by atoms with Gasteiger partial charge >= 0.3 is 6.09 Å². The first kappa shape index (κ1) is 19.2. The molecular weight excluding hydrogens is 388 g/mol. The van der Waals surface area contributed by atoms with E-state index in [4.69, 9.17) is 9.72 Å². The Kier molecular flexibility index (Phi) is 5.02. The third kappa shape index (κ3) is 3.84. The molecule has 6 heteroatoms. The van der Waals surface area contributed by atoms with Crippen LogP contribution in [-0.4, -0.2) is 28.1 Å². The minimum Gasteiger partial charge on any atom is -0.444 e. The van der Waals surface area contributed by atoms with Crippen LogP contribution in [0.25, 0.3) is 21.7 Å². The quantitative estimate of drug-likeness (QED) is 0.508. The highest BCUT2D eigenvalue weighted by molar-refractivity contribution is 7.15. The molecule has 0 N–H and O–H groups in total. The lowest BCUT2D eigenvalue weighted by Crippen LogP contribution is -2.39. The third-order valence-electron chi connectivity index (χ3n) is 4.78. The molecule has 0 saturated heterocycles. The molecule has 1 aromatic carbocycles. The van der Waals surface area contributed by atoms with Gasteiger partial charge in [0.05, 0.1) is 12.2 Å². The monoisotopic (exact) mass is 412 g/mol. The van der Waals surface area contributed by atoms with Crippen molar-refractivity contribution in [2.45, 2.75) is 46.3 Å². The number of fused-ring (bicyclic) bond motifs is 1. The van der Waals surface area contributed by atoms with Gasteiger partial charge in [-0.05, 0) is 61.2 Å². The summed E-state index contributed by atoms with van der Waals surface area (Å²) in [6.07, 6.45) is 0.526. The summed E-state index contributed by atoms with van der Waals surface area (Å²) >= 11 is 3.40. The first-order chi connectivity index (χ1) is 13.3. The molecule has 0 fully saturated rings. The average molecular weight is 413 g/mol. The van der Waals surface area contributed by atoms with Crippen LogP contribution in [0, 0.1) is 6.92 Å². The number of hydrogen-bond donors (Lipinski definition) is 0. The van der Waals surface area contributed by atoms with Crippen molar-refractivity contribution in [2.75, 3.05) is 6.54 Å².